The van der Waals surface area contributed by atoms with Gasteiger partial charge in [0, 0.05) is 13.1 Å². The summed E-state index contributed by atoms with van der Waals surface area (Å²) in [6.45, 7) is 7.82. The summed E-state index contributed by atoms with van der Waals surface area (Å²) >= 11 is 0. The monoisotopic (exact) mass is 483 g/mol. The van der Waals surface area contributed by atoms with E-state index >= 15 is 0 Å². The highest BCUT2D eigenvalue weighted by atomic mass is 16.4. The largest absolute Gasteiger partial charge is 0.480 e. The van der Waals surface area contributed by atoms with Crippen molar-refractivity contribution in [2.45, 2.75) is 84.0 Å². The molecule has 1 fully saturated rings. The molecule has 0 aromatic heterocycles. The van der Waals surface area contributed by atoms with Gasteiger partial charge in [-0.15, -0.1) is 0 Å². The average molecular weight is 484 g/mol. The van der Waals surface area contributed by atoms with Crippen LogP contribution >= 0.6 is 0 Å². The average Bonchev–Trinajstić information content (AvgIpc) is 3.26. The van der Waals surface area contributed by atoms with Crippen molar-refractivity contribution in [1.82, 2.24) is 15.5 Å². The number of guanidine groups is 1. The molecular formula is C22H41N7O5. The van der Waals surface area contributed by atoms with Crippen molar-refractivity contribution in [3.8, 4) is 0 Å². The van der Waals surface area contributed by atoms with E-state index in [1.54, 1.807) is 20.8 Å². The quantitative estimate of drug-likeness (QED) is 0.110. The fourth-order valence-corrected chi connectivity index (χ4v) is 3.87. The molecule has 0 aromatic rings. The van der Waals surface area contributed by atoms with Crippen molar-refractivity contribution in [3.05, 3.63) is 0 Å². The molecule has 0 aromatic carbocycles. The molecule has 5 atom stereocenters. The third-order valence-electron chi connectivity index (χ3n) is 6.15. The second-order valence-corrected chi connectivity index (χ2v) is 9.19. The number of nitrogens with zero attached hydrogens (tertiary/aromatic N) is 2. The van der Waals surface area contributed by atoms with Gasteiger partial charge >= 0.3 is 5.97 Å². The number of nitrogens with one attached hydrogen (secondary N) is 2. The Kier molecular flexibility index (Phi) is 11.8. The number of carboxylic acids is 1. The maximum absolute atomic E-state index is 13.1. The van der Waals surface area contributed by atoms with Crippen LogP contribution in [-0.4, -0.2) is 76.9 Å². The zero-order valence-corrected chi connectivity index (χ0v) is 20.6. The molecule has 1 rings (SSSR count). The Balaban J connectivity index is 2.86. The number of hydrogen-bond donors (Lipinski definition) is 6. The lowest BCUT2D eigenvalue weighted by molar-refractivity contribution is -0.144. The Morgan fingerprint density at radius 3 is 2.29 bits per heavy atom. The van der Waals surface area contributed by atoms with Gasteiger partial charge in [-0.1, -0.05) is 34.1 Å². The lowest BCUT2D eigenvalue weighted by Crippen LogP contribution is -2.58. The smallest absolute Gasteiger partial charge is 0.326 e. The number of carbonyl (C=O) groups is 4. The number of aliphatic imine (C=N–C) groups is 1. The highest BCUT2D eigenvalue weighted by molar-refractivity contribution is 5.94. The van der Waals surface area contributed by atoms with Gasteiger partial charge in [-0.05, 0) is 37.5 Å². The minimum atomic E-state index is -1.14. The van der Waals surface area contributed by atoms with E-state index in [0.29, 0.717) is 45.2 Å². The molecular weight excluding hydrogens is 442 g/mol. The van der Waals surface area contributed by atoms with E-state index in [0.717, 1.165) is 0 Å². The summed E-state index contributed by atoms with van der Waals surface area (Å²) < 4.78 is 0. The Hall–Kier alpha value is -2.89. The molecule has 0 saturated carbocycles. The topological polar surface area (TPSA) is 206 Å². The fraction of sp³-hybridized carbons (Fsp3) is 0.773. The van der Waals surface area contributed by atoms with Crippen molar-refractivity contribution in [1.29, 1.82) is 0 Å². The first kappa shape index (κ1) is 29.1. The molecule has 1 heterocycles. The lowest BCUT2D eigenvalue weighted by Gasteiger charge is -2.30. The van der Waals surface area contributed by atoms with E-state index < -0.39 is 42.0 Å². The number of amides is 3. The van der Waals surface area contributed by atoms with Crippen LogP contribution in [0.1, 0.15) is 59.8 Å². The third-order valence-corrected chi connectivity index (χ3v) is 6.15. The molecule has 0 radical (unpaired) electrons. The fourth-order valence-electron chi connectivity index (χ4n) is 3.87. The maximum atomic E-state index is 13.1. The highest BCUT2D eigenvalue weighted by Gasteiger charge is 2.38. The number of carboxylic acid groups (broad SMARTS) is 1. The summed E-state index contributed by atoms with van der Waals surface area (Å²) in [5.41, 5.74) is 16.6. The molecule has 12 nitrogen and oxygen atoms in total. The van der Waals surface area contributed by atoms with E-state index in [1.807, 2.05) is 6.92 Å². The molecule has 194 valence electrons. The summed E-state index contributed by atoms with van der Waals surface area (Å²) in [5, 5.41) is 14.7. The molecule has 34 heavy (non-hydrogen) atoms. The minimum absolute atomic E-state index is 0.0286. The first-order valence-electron chi connectivity index (χ1n) is 11.9. The standard InChI is InChI=1S/C22H41N7O5/c1-5-13(4)17(19(31)27-16(12(2)3)21(33)34)28-18(30)15-9-7-11-29(15)20(32)14(23)8-6-10-26-22(24)25/h12-17H,5-11,23H2,1-4H3,(H,27,31)(H,28,30)(H,33,34)(H4,24,25,26). The molecule has 0 spiro atoms. The van der Waals surface area contributed by atoms with Crippen LogP contribution in [0.15, 0.2) is 4.99 Å². The van der Waals surface area contributed by atoms with Crippen molar-refractivity contribution in [3.63, 3.8) is 0 Å². The van der Waals surface area contributed by atoms with E-state index in [9.17, 15) is 24.3 Å². The van der Waals surface area contributed by atoms with E-state index in [1.165, 1.54) is 4.90 Å². The summed E-state index contributed by atoms with van der Waals surface area (Å²) in [4.78, 5) is 55.7. The van der Waals surface area contributed by atoms with Gasteiger partial charge in [0.2, 0.25) is 17.7 Å². The summed E-state index contributed by atoms with van der Waals surface area (Å²) in [6, 6.07) is -3.53. The number of aliphatic carboxylic acids is 1. The number of rotatable bonds is 13. The number of hydrogen-bond acceptors (Lipinski definition) is 6. The molecule has 0 aliphatic carbocycles. The predicted molar refractivity (Wildman–Crippen MR) is 128 cm³/mol. The molecule has 3 amide bonds. The Labute approximate surface area is 201 Å². The predicted octanol–water partition coefficient (Wildman–Crippen LogP) is -0.885. The Bertz CT molecular complexity index is 754. The van der Waals surface area contributed by atoms with Crippen molar-refractivity contribution < 1.29 is 24.3 Å². The van der Waals surface area contributed by atoms with Gasteiger partial charge in [0.1, 0.15) is 18.1 Å². The van der Waals surface area contributed by atoms with E-state index in [2.05, 4.69) is 15.6 Å². The van der Waals surface area contributed by atoms with Crippen LogP contribution in [0.25, 0.3) is 0 Å². The van der Waals surface area contributed by atoms with Crippen molar-refractivity contribution >= 4 is 29.7 Å². The summed E-state index contributed by atoms with van der Waals surface area (Å²) in [7, 11) is 0. The zero-order chi connectivity index (χ0) is 26.0. The van der Waals surface area contributed by atoms with Crippen LogP contribution in [0.2, 0.25) is 0 Å². The van der Waals surface area contributed by atoms with Gasteiger partial charge in [0.15, 0.2) is 5.96 Å². The Morgan fingerprint density at radius 2 is 1.76 bits per heavy atom. The SMILES string of the molecule is CCC(C)C(NC(=O)C1CCCN1C(=O)C(N)CCCN=C(N)N)C(=O)NC(C(=O)O)C(C)C. The van der Waals surface area contributed by atoms with Crippen molar-refractivity contribution in [2.75, 3.05) is 13.1 Å². The van der Waals surface area contributed by atoms with E-state index in [4.69, 9.17) is 17.2 Å². The van der Waals surface area contributed by atoms with Gasteiger partial charge < -0.3 is 37.8 Å². The van der Waals surface area contributed by atoms with Crippen LogP contribution in [-0.2, 0) is 19.2 Å². The molecule has 12 heteroatoms. The van der Waals surface area contributed by atoms with Gasteiger partial charge in [0.05, 0.1) is 6.04 Å². The van der Waals surface area contributed by atoms with Crippen LogP contribution in [0.5, 0.6) is 0 Å². The first-order chi connectivity index (χ1) is 15.9. The summed E-state index contributed by atoms with van der Waals surface area (Å²) in [6.07, 6.45) is 2.57. The van der Waals surface area contributed by atoms with Gasteiger partial charge in [-0.25, -0.2) is 4.79 Å². The van der Waals surface area contributed by atoms with Crippen molar-refractivity contribution in [2.24, 2.45) is 34.0 Å². The number of likely N-dealkylation sites (tertiary alicyclic amines) is 1. The highest BCUT2D eigenvalue weighted by Crippen LogP contribution is 2.20. The number of carbonyl (C=O) groups excluding carboxylic acids is 3. The van der Waals surface area contributed by atoms with Crippen LogP contribution in [0.4, 0.5) is 0 Å². The molecule has 5 unspecified atom stereocenters. The molecule has 1 aliphatic rings. The van der Waals surface area contributed by atoms with Crippen LogP contribution in [0.3, 0.4) is 0 Å². The van der Waals surface area contributed by atoms with Gasteiger partial charge in [-0.2, -0.15) is 0 Å². The third kappa shape index (κ3) is 8.47. The van der Waals surface area contributed by atoms with Gasteiger partial charge in [-0.3, -0.25) is 19.4 Å². The van der Waals surface area contributed by atoms with Gasteiger partial charge in [0.25, 0.3) is 0 Å². The molecule has 1 saturated heterocycles. The normalized spacial score (nSPS) is 19.1. The molecule has 9 N–H and O–H groups in total. The first-order valence-corrected chi connectivity index (χ1v) is 11.9. The number of nitrogens with two attached hydrogens (primary N) is 3. The Morgan fingerprint density at radius 1 is 1.12 bits per heavy atom. The van der Waals surface area contributed by atoms with E-state index in [-0.39, 0.29) is 23.7 Å². The summed E-state index contributed by atoms with van der Waals surface area (Å²) in [5.74, 6) is -3.08. The second kappa shape index (κ2) is 13.7. The van der Waals surface area contributed by atoms with Crippen LogP contribution < -0.4 is 27.8 Å². The van der Waals surface area contributed by atoms with Crippen LogP contribution in [0, 0.1) is 11.8 Å². The second-order valence-electron chi connectivity index (χ2n) is 9.19. The zero-order valence-electron chi connectivity index (χ0n) is 20.6. The lowest BCUT2D eigenvalue weighted by atomic mass is 9.96. The molecule has 1 aliphatic heterocycles. The maximum Gasteiger partial charge on any atom is 0.326 e. The molecule has 0 bridgehead atoms. The minimum Gasteiger partial charge on any atom is -0.480 e.